The number of hydrogen-bond donors (Lipinski definition) is 1. The number of halogens is 1. The molecule has 1 aliphatic heterocycles. The van der Waals surface area contributed by atoms with Gasteiger partial charge in [-0.25, -0.2) is 8.42 Å². The molecule has 0 bridgehead atoms. The zero-order chi connectivity index (χ0) is 21.6. The Kier molecular flexibility index (Phi) is 8.22. The third-order valence-electron chi connectivity index (χ3n) is 5.14. The second kappa shape index (κ2) is 10.7. The standard InChI is InChI=1S/C22H27ClN2O3S2/c1-17-4-10-21(11-5-17)30(27,28)25-13-2-3-19(15-25)22(26)24-12-14-29-16-18-6-8-20(23)9-7-18/h4-11,19H,2-3,12-16H2,1H3,(H,24,26)/t19-/m1/s1. The Bertz CT molecular complexity index is 947. The van der Waals surface area contributed by atoms with Crippen LogP contribution >= 0.6 is 23.4 Å². The molecular weight excluding hydrogens is 440 g/mol. The zero-order valence-corrected chi connectivity index (χ0v) is 19.4. The first-order valence-electron chi connectivity index (χ1n) is 10.0. The Morgan fingerprint density at radius 1 is 1.17 bits per heavy atom. The third kappa shape index (κ3) is 6.23. The Morgan fingerprint density at radius 3 is 2.57 bits per heavy atom. The molecule has 2 aromatic rings. The van der Waals surface area contributed by atoms with E-state index in [1.54, 1.807) is 36.0 Å². The summed E-state index contributed by atoms with van der Waals surface area (Å²) in [5, 5.41) is 3.69. The second-order valence-corrected chi connectivity index (χ2v) is 11.0. The fourth-order valence-corrected chi connectivity index (χ4v) is 5.86. The summed E-state index contributed by atoms with van der Waals surface area (Å²) in [6.07, 6.45) is 1.40. The Balaban J connectivity index is 1.45. The fourth-order valence-electron chi connectivity index (χ4n) is 3.40. The normalized spacial score (nSPS) is 17.6. The van der Waals surface area contributed by atoms with Gasteiger partial charge in [-0.15, -0.1) is 0 Å². The maximum absolute atomic E-state index is 12.9. The molecule has 0 saturated carbocycles. The number of aryl methyl sites for hydroxylation is 1. The molecule has 8 heteroatoms. The van der Waals surface area contributed by atoms with Crippen molar-refractivity contribution in [1.29, 1.82) is 0 Å². The number of nitrogens with one attached hydrogen (secondary N) is 1. The highest BCUT2D eigenvalue weighted by atomic mass is 35.5. The second-order valence-electron chi connectivity index (χ2n) is 7.49. The largest absolute Gasteiger partial charge is 0.355 e. The van der Waals surface area contributed by atoms with Crippen molar-refractivity contribution in [1.82, 2.24) is 9.62 Å². The smallest absolute Gasteiger partial charge is 0.243 e. The molecule has 162 valence electrons. The van der Waals surface area contributed by atoms with Gasteiger partial charge in [-0.3, -0.25) is 4.79 Å². The summed E-state index contributed by atoms with van der Waals surface area (Å²) < 4.78 is 27.3. The Hall–Kier alpha value is -1.54. The molecule has 1 heterocycles. The number of sulfonamides is 1. The van der Waals surface area contributed by atoms with Gasteiger partial charge in [0.2, 0.25) is 15.9 Å². The number of carbonyl (C=O) groups excluding carboxylic acids is 1. The minimum atomic E-state index is -3.57. The number of hydrogen-bond acceptors (Lipinski definition) is 4. The maximum atomic E-state index is 12.9. The lowest BCUT2D eigenvalue weighted by Gasteiger charge is -2.31. The van der Waals surface area contributed by atoms with Crippen LogP contribution in [-0.2, 0) is 20.6 Å². The molecule has 1 N–H and O–H groups in total. The van der Waals surface area contributed by atoms with Crippen LogP contribution in [0.4, 0.5) is 0 Å². The van der Waals surface area contributed by atoms with Crippen LogP contribution in [0.3, 0.4) is 0 Å². The molecule has 0 unspecified atom stereocenters. The number of thioether (sulfide) groups is 1. The lowest BCUT2D eigenvalue weighted by atomic mass is 9.99. The molecule has 0 aliphatic carbocycles. The average molecular weight is 467 g/mol. The molecule has 0 spiro atoms. The van der Waals surface area contributed by atoms with Crippen molar-refractivity contribution in [3.05, 3.63) is 64.7 Å². The Labute approximate surface area is 188 Å². The predicted octanol–water partition coefficient (Wildman–Crippen LogP) is 4.10. The van der Waals surface area contributed by atoms with Crippen molar-refractivity contribution in [3.63, 3.8) is 0 Å². The van der Waals surface area contributed by atoms with Crippen LogP contribution in [0.15, 0.2) is 53.4 Å². The minimum Gasteiger partial charge on any atom is -0.355 e. The van der Waals surface area contributed by atoms with E-state index in [1.807, 2.05) is 31.2 Å². The molecular formula is C22H27ClN2O3S2. The van der Waals surface area contributed by atoms with Crippen molar-refractivity contribution < 1.29 is 13.2 Å². The average Bonchev–Trinajstić information content (AvgIpc) is 2.75. The van der Waals surface area contributed by atoms with E-state index in [9.17, 15) is 13.2 Å². The van der Waals surface area contributed by atoms with Crippen LogP contribution in [0.1, 0.15) is 24.0 Å². The lowest BCUT2D eigenvalue weighted by molar-refractivity contribution is -0.125. The van der Waals surface area contributed by atoms with E-state index in [1.165, 1.54) is 9.87 Å². The maximum Gasteiger partial charge on any atom is 0.243 e. The summed E-state index contributed by atoms with van der Waals surface area (Å²) in [7, 11) is -3.57. The SMILES string of the molecule is Cc1ccc(S(=O)(=O)N2CCC[C@@H](C(=O)NCCSCc3ccc(Cl)cc3)C2)cc1. The molecule has 0 aromatic heterocycles. The highest BCUT2D eigenvalue weighted by Gasteiger charge is 2.33. The van der Waals surface area contributed by atoms with Crippen molar-refractivity contribution in [2.45, 2.75) is 30.4 Å². The van der Waals surface area contributed by atoms with Crippen LogP contribution < -0.4 is 5.32 Å². The number of rotatable bonds is 8. The van der Waals surface area contributed by atoms with E-state index in [-0.39, 0.29) is 23.3 Å². The van der Waals surface area contributed by atoms with Gasteiger partial charge in [0.1, 0.15) is 0 Å². The molecule has 2 aromatic carbocycles. The zero-order valence-electron chi connectivity index (χ0n) is 17.0. The molecule has 1 amide bonds. The van der Waals surface area contributed by atoms with E-state index in [0.717, 1.165) is 22.1 Å². The van der Waals surface area contributed by atoms with Crippen LogP contribution in [-0.4, -0.2) is 44.0 Å². The number of piperidine rings is 1. The highest BCUT2D eigenvalue weighted by molar-refractivity contribution is 7.98. The molecule has 0 radical (unpaired) electrons. The van der Waals surface area contributed by atoms with Gasteiger partial charge in [-0.1, -0.05) is 41.4 Å². The van der Waals surface area contributed by atoms with E-state index in [2.05, 4.69) is 5.32 Å². The van der Waals surface area contributed by atoms with Crippen molar-refractivity contribution in [2.24, 2.45) is 5.92 Å². The summed E-state index contributed by atoms with van der Waals surface area (Å²) in [6, 6.07) is 14.6. The van der Waals surface area contributed by atoms with Gasteiger partial charge in [0.25, 0.3) is 0 Å². The quantitative estimate of drug-likeness (QED) is 0.595. The Morgan fingerprint density at radius 2 is 1.87 bits per heavy atom. The molecule has 30 heavy (non-hydrogen) atoms. The third-order valence-corrected chi connectivity index (χ3v) is 8.30. The fraction of sp³-hybridized carbons (Fsp3) is 0.409. The van der Waals surface area contributed by atoms with Gasteiger partial charge in [0.05, 0.1) is 10.8 Å². The monoisotopic (exact) mass is 466 g/mol. The summed E-state index contributed by atoms with van der Waals surface area (Å²) in [4.78, 5) is 12.9. The molecule has 1 fully saturated rings. The van der Waals surface area contributed by atoms with Crippen LogP contribution in [0.2, 0.25) is 5.02 Å². The first-order valence-corrected chi connectivity index (χ1v) is 13.0. The number of nitrogens with zero attached hydrogens (tertiary/aromatic N) is 1. The highest BCUT2D eigenvalue weighted by Crippen LogP contribution is 2.24. The lowest BCUT2D eigenvalue weighted by Crippen LogP contribution is -2.45. The number of carbonyl (C=O) groups is 1. The van der Waals surface area contributed by atoms with Gasteiger partial charge >= 0.3 is 0 Å². The van der Waals surface area contributed by atoms with Crippen LogP contribution in [0, 0.1) is 12.8 Å². The minimum absolute atomic E-state index is 0.0640. The molecule has 1 saturated heterocycles. The summed E-state index contributed by atoms with van der Waals surface area (Å²) in [5.41, 5.74) is 2.21. The van der Waals surface area contributed by atoms with E-state index >= 15 is 0 Å². The molecule has 3 rings (SSSR count). The van der Waals surface area contributed by atoms with Crippen LogP contribution in [0.25, 0.3) is 0 Å². The van der Waals surface area contributed by atoms with Crippen molar-refractivity contribution in [2.75, 3.05) is 25.4 Å². The summed E-state index contributed by atoms with van der Waals surface area (Å²) in [5.74, 6) is 1.29. The number of benzene rings is 2. The van der Waals surface area contributed by atoms with Crippen LogP contribution in [0.5, 0.6) is 0 Å². The predicted molar refractivity (Wildman–Crippen MR) is 123 cm³/mol. The number of amides is 1. The van der Waals surface area contributed by atoms with Gasteiger partial charge in [-0.2, -0.15) is 16.1 Å². The van der Waals surface area contributed by atoms with Crippen molar-refractivity contribution in [3.8, 4) is 0 Å². The van der Waals surface area contributed by atoms with E-state index in [0.29, 0.717) is 25.9 Å². The molecule has 5 nitrogen and oxygen atoms in total. The molecule has 1 atom stereocenters. The first kappa shape index (κ1) is 23.1. The van der Waals surface area contributed by atoms with Gasteiger partial charge < -0.3 is 5.32 Å². The molecule has 1 aliphatic rings. The van der Waals surface area contributed by atoms with E-state index < -0.39 is 10.0 Å². The topological polar surface area (TPSA) is 66.5 Å². The van der Waals surface area contributed by atoms with Crippen molar-refractivity contribution >= 4 is 39.3 Å². The van der Waals surface area contributed by atoms with E-state index in [4.69, 9.17) is 11.6 Å². The van der Waals surface area contributed by atoms with Gasteiger partial charge in [0.15, 0.2) is 0 Å². The van der Waals surface area contributed by atoms with Gasteiger partial charge in [0, 0.05) is 36.2 Å². The van der Waals surface area contributed by atoms with Gasteiger partial charge in [-0.05, 0) is 49.6 Å². The summed E-state index contributed by atoms with van der Waals surface area (Å²) >= 11 is 7.63. The first-order chi connectivity index (χ1) is 14.4. The summed E-state index contributed by atoms with van der Waals surface area (Å²) in [6.45, 7) is 3.18.